The number of methoxy groups -OCH3 is 1. The Balaban J connectivity index is 1.78. The fourth-order valence-corrected chi connectivity index (χ4v) is 3.69. The van der Waals surface area contributed by atoms with Gasteiger partial charge in [-0.15, -0.1) is 13.2 Å². The van der Waals surface area contributed by atoms with Gasteiger partial charge in [0.2, 0.25) is 0 Å². The fourth-order valence-electron chi connectivity index (χ4n) is 3.69. The summed E-state index contributed by atoms with van der Waals surface area (Å²) in [4.78, 5) is 22.6. The molecule has 2 aromatic rings. The van der Waals surface area contributed by atoms with Crippen LogP contribution in [0.5, 0.6) is 5.75 Å². The van der Waals surface area contributed by atoms with Gasteiger partial charge in [-0.2, -0.15) is 0 Å². The minimum Gasteiger partial charge on any atom is -0.491 e. The molecule has 0 amide bonds. The smallest absolute Gasteiger partial charge is 0.491 e. The van der Waals surface area contributed by atoms with Crippen molar-refractivity contribution in [1.82, 2.24) is 9.97 Å². The van der Waals surface area contributed by atoms with E-state index in [1.165, 1.54) is 0 Å². The van der Waals surface area contributed by atoms with Crippen LogP contribution in [0.2, 0.25) is 0 Å². The first-order chi connectivity index (χ1) is 16.3. The molecule has 8 nitrogen and oxygen atoms in total. The molecule has 0 unspecified atom stereocenters. The van der Waals surface area contributed by atoms with E-state index in [-0.39, 0.29) is 12.8 Å². The van der Waals surface area contributed by atoms with E-state index in [0.29, 0.717) is 62.1 Å². The third kappa shape index (κ3) is 7.56. The molecule has 0 atom stereocenters. The maximum absolute atomic E-state index is 12.2. The van der Waals surface area contributed by atoms with Crippen LogP contribution in [0.15, 0.2) is 30.5 Å². The van der Waals surface area contributed by atoms with Crippen molar-refractivity contribution < 1.29 is 37.3 Å². The first kappa shape index (κ1) is 25.7. The van der Waals surface area contributed by atoms with Gasteiger partial charge in [0.15, 0.2) is 5.82 Å². The molecule has 11 heteroatoms. The number of carbonyl (C=O) groups is 1. The summed E-state index contributed by atoms with van der Waals surface area (Å²) in [5.41, 5.74) is 1.96. The fraction of sp³-hybridized carbons (Fsp3) is 0.522. The van der Waals surface area contributed by atoms with Gasteiger partial charge in [-0.3, -0.25) is 14.5 Å². The molecular formula is C23H28F3N3O5. The molecule has 1 N–H and O–H groups in total. The SMILES string of the molecule is COCCOc1ccc(-c2ncc(CCCOC(F)(F)F)nc2N2CCC(C(=O)O)CC2)cc1. The number of halogens is 3. The zero-order chi connectivity index (χ0) is 24.6. The molecule has 3 rings (SSSR count). The summed E-state index contributed by atoms with van der Waals surface area (Å²) in [5.74, 6) is 0.0531. The summed E-state index contributed by atoms with van der Waals surface area (Å²) in [5, 5.41) is 9.29. The summed E-state index contributed by atoms with van der Waals surface area (Å²) in [6, 6.07) is 7.35. The zero-order valence-electron chi connectivity index (χ0n) is 18.9. The molecule has 0 saturated carbocycles. The predicted molar refractivity (Wildman–Crippen MR) is 118 cm³/mol. The lowest BCUT2D eigenvalue weighted by Crippen LogP contribution is -2.37. The Morgan fingerprint density at radius 3 is 2.47 bits per heavy atom. The highest BCUT2D eigenvalue weighted by molar-refractivity contribution is 5.74. The van der Waals surface area contributed by atoms with Crippen molar-refractivity contribution in [2.45, 2.75) is 32.0 Å². The van der Waals surface area contributed by atoms with Crippen LogP contribution < -0.4 is 9.64 Å². The van der Waals surface area contributed by atoms with E-state index in [9.17, 15) is 23.1 Å². The minimum atomic E-state index is -4.66. The van der Waals surface area contributed by atoms with E-state index in [1.807, 2.05) is 29.2 Å². The average Bonchev–Trinajstić information content (AvgIpc) is 2.82. The molecule has 0 radical (unpaired) electrons. The number of benzene rings is 1. The Labute approximate surface area is 195 Å². The Hall–Kier alpha value is -2.92. The number of hydrogen-bond acceptors (Lipinski definition) is 7. The molecule has 1 aromatic carbocycles. The van der Waals surface area contributed by atoms with Crippen LogP contribution in [0.1, 0.15) is 25.0 Å². The number of aryl methyl sites for hydroxylation is 1. The number of carboxylic acids is 1. The molecule has 1 fully saturated rings. The Morgan fingerprint density at radius 2 is 1.85 bits per heavy atom. The Morgan fingerprint density at radius 1 is 1.15 bits per heavy atom. The lowest BCUT2D eigenvalue weighted by Gasteiger charge is -2.32. The number of anilines is 1. The molecule has 0 bridgehead atoms. The number of ether oxygens (including phenoxy) is 3. The number of rotatable bonds is 11. The summed E-state index contributed by atoms with van der Waals surface area (Å²) >= 11 is 0. The average molecular weight is 483 g/mol. The van der Waals surface area contributed by atoms with Crippen molar-refractivity contribution in [3.05, 3.63) is 36.2 Å². The maximum atomic E-state index is 12.2. The number of hydrogen-bond donors (Lipinski definition) is 1. The summed E-state index contributed by atoms with van der Waals surface area (Å²) in [7, 11) is 1.60. The van der Waals surface area contributed by atoms with Crippen LogP contribution >= 0.6 is 0 Å². The van der Waals surface area contributed by atoms with Crippen LogP contribution in [0, 0.1) is 5.92 Å². The van der Waals surface area contributed by atoms with Crippen LogP contribution in [0.3, 0.4) is 0 Å². The maximum Gasteiger partial charge on any atom is 0.522 e. The van der Waals surface area contributed by atoms with Gasteiger partial charge in [-0.1, -0.05) is 0 Å². The lowest BCUT2D eigenvalue weighted by molar-refractivity contribution is -0.324. The number of alkyl halides is 3. The van der Waals surface area contributed by atoms with E-state index < -0.39 is 24.9 Å². The number of carboxylic acid groups (broad SMARTS) is 1. The van der Waals surface area contributed by atoms with E-state index in [2.05, 4.69) is 9.72 Å². The molecular weight excluding hydrogens is 455 g/mol. The van der Waals surface area contributed by atoms with Gasteiger partial charge in [0, 0.05) is 32.0 Å². The highest BCUT2D eigenvalue weighted by Crippen LogP contribution is 2.32. The third-order valence-electron chi connectivity index (χ3n) is 5.47. The van der Waals surface area contributed by atoms with Gasteiger partial charge in [0.1, 0.15) is 18.1 Å². The monoisotopic (exact) mass is 483 g/mol. The molecule has 186 valence electrons. The highest BCUT2D eigenvalue weighted by Gasteiger charge is 2.29. The van der Waals surface area contributed by atoms with Gasteiger partial charge < -0.3 is 19.5 Å². The van der Waals surface area contributed by atoms with Crippen LogP contribution in [0.25, 0.3) is 11.3 Å². The lowest BCUT2D eigenvalue weighted by atomic mass is 9.97. The van der Waals surface area contributed by atoms with E-state index in [0.717, 1.165) is 5.56 Å². The number of nitrogens with zero attached hydrogens (tertiary/aromatic N) is 3. The second kappa shape index (κ2) is 12.0. The molecule has 1 aliphatic heterocycles. The van der Waals surface area contributed by atoms with Gasteiger partial charge in [0.25, 0.3) is 0 Å². The van der Waals surface area contributed by atoms with Gasteiger partial charge in [0.05, 0.1) is 24.8 Å². The topological polar surface area (TPSA) is 94.0 Å². The van der Waals surface area contributed by atoms with E-state index in [1.54, 1.807) is 13.3 Å². The summed E-state index contributed by atoms with van der Waals surface area (Å²) in [6.45, 7) is 1.43. The first-order valence-electron chi connectivity index (χ1n) is 11.0. The van der Waals surface area contributed by atoms with E-state index in [4.69, 9.17) is 14.5 Å². The molecule has 1 aliphatic rings. The molecule has 0 aliphatic carbocycles. The van der Waals surface area contributed by atoms with Crippen molar-refractivity contribution in [2.24, 2.45) is 5.92 Å². The van der Waals surface area contributed by atoms with Gasteiger partial charge in [-0.05, 0) is 49.9 Å². The van der Waals surface area contributed by atoms with Crippen LogP contribution in [-0.2, 0) is 20.7 Å². The zero-order valence-corrected chi connectivity index (χ0v) is 18.9. The molecule has 1 aromatic heterocycles. The minimum absolute atomic E-state index is 0.140. The number of aromatic nitrogens is 2. The Kier molecular flexibility index (Phi) is 9.05. The van der Waals surface area contributed by atoms with Crippen LogP contribution in [0.4, 0.5) is 19.0 Å². The first-order valence-corrected chi connectivity index (χ1v) is 11.0. The third-order valence-corrected chi connectivity index (χ3v) is 5.47. The quantitative estimate of drug-likeness (QED) is 0.481. The largest absolute Gasteiger partial charge is 0.522 e. The molecule has 0 spiro atoms. The van der Waals surface area contributed by atoms with Gasteiger partial charge >= 0.3 is 12.3 Å². The second-order valence-electron chi connectivity index (χ2n) is 7.90. The Bertz CT molecular complexity index is 932. The van der Waals surface area contributed by atoms with Crippen molar-refractivity contribution >= 4 is 11.8 Å². The summed E-state index contributed by atoms with van der Waals surface area (Å²) < 4.78 is 51.1. The molecule has 1 saturated heterocycles. The summed E-state index contributed by atoms with van der Waals surface area (Å²) in [6.07, 6.45) is -1.73. The van der Waals surface area contributed by atoms with Gasteiger partial charge in [-0.25, -0.2) is 4.98 Å². The van der Waals surface area contributed by atoms with Crippen molar-refractivity contribution in [3.63, 3.8) is 0 Å². The number of aliphatic carboxylic acids is 1. The highest BCUT2D eigenvalue weighted by atomic mass is 19.4. The van der Waals surface area contributed by atoms with Crippen molar-refractivity contribution in [1.29, 1.82) is 0 Å². The standard InChI is InChI=1S/C23H28F3N3O5/c1-32-13-14-33-19-6-4-16(5-7-19)20-21(29-10-8-17(9-11-29)22(30)31)28-18(15-27-20)3-2-12-34-23(24,25)26/h4-7,15,17H,2-3,8-14H2,1H3,(H,30,31). The predicted octanol–water partition coefficient (Wildman–Crippen LogP) is 3.94. The normalized spacial score (nSPS) is 14.9. The van der Waals surface area contributed by atoms with Crippen molar-refractivity contribution in [2.75, 3.05) is 44.9 Å². The second-order valence-corrected chi connectivity index (χ2v) is 7.90. The number of piperidine rings is 1. The molecule has 34 heavy (non-hydrogen) atoms. The van der Waals surface area contributed by atoms with Crippen molar-refractivity contribution in [3.8, 4) is 17.0 Å². The van der Waals surface area contributed by atoms with E-state index >= 15 is 0 Å². The molecule has 2 heterocycles. The van der Waals surface area contributed by atoms with Crippen LogP contribution in [-0.4, -0.2) is 67.4 Å².